The first-order valence-electron chi connectivity index (χ1n) is 7.29. The molecular formula is C16H21NO4. The van der Waals surface area contributed by atoms with E-state index in [4.69, 9.17) is 9.84 Å². The molecule has 1 fully saturated rings. The molecule has 21 heavy (non-hydrogen) atoms. The molecule has 1 aliphatic rings. The van der Waals surface area contributed by atoms with Gasteiger partial charge >= 0.3 is 5.97 Å². The maximum absolute atomic E-state index is 11.7. The van der Waals surface area contributed by atoms with Gasteiger partial charge in [0.15, 0.2) is 0 Å². The Hall–Kier alpha value is -1.88. The van der Waals surface area contributed by atoms with Crippen LogP contribution in [0.5, 0.6) is 0 Å². The van der Waals surface area contributed by atoms with Crippen molar-refractivity contribution in [2.24, 2.45) is 5.92 Å². The lowest BCUT2D eigenvalue weighted by Crippen LogP contribution is -2.36. The van der Waals surface area contributed by atoms with Crippen molar-refractivity contribution in [2.45, 2.75) is 31.7 Å². The Morgan fingerprint density at radius 2 is 2.00 bits per heavy atom. The zero-order valence-electron chi connectivity index (χ0n) is 12.0. The Bertz CT molecular complexity index is 474. The van der Waals surface area contributed by atoms with Crippen LogP contribution in [-0.4, -0.2) is 36.2 Å². The highest BCUT2D eigenvalue weighted by Crippen LogP contribution is 2.25. The molecule has 5 heteroatoms. The fourth-order valence-corrected chi connectivity index (χ4v) is 2.61. The molecule has 5 nitrogen and oxygen atoms in total. The normalized spacial score (nSPS) is 21.1. The van der Waals surface area contributed by atoms with E-state index in [1.54, 1.807) is 0 Å². The molecular weight excluding hydrogens is 270 g/mol. The first-order chi connectivity index (χ1) is 10.1. The molecule has 2 rings (SSSR count). The predicted octanol–water partition coefficient (Wildman–Crippen LogP) is 1.62. The SMILES string of the molecule is O=C(COCCc1ccccc1)N[C@@H]1CC[C@H](C(=O)O)C1. The topological polar surface area (TPSA) is 75.6 Å². The van der Waals surface area contributed by atoms with E-state index < -0.39 is 5.97 Å². The van der Waals surface area contributed by atoms with E-state index >= 15 is 0 Å². The molecule has 0 radical (unpaired) electrons. The number of carboxylic acid groups (broad SMARTS) is 1. The molecule has 0 aliphatic heterocycles. The minimum absolute atomic E-state index is 0.0288. The Morgan fingerprint density at radius 1 is 1.24 bits per heavy atom. The molecule has 1 aromatic rings. The van der Waals surface area contributed by atoms with Gasteiger partial charge in [-0.15, -0.1) is 0 Å². The number of ether oxygens (including phenoxy) is 1. The largest absolute Gasteiger partial charge is 0.481 e. The number of carboxylic acids is 1. The summed E-state index contributed by atoms with van der Waals surface area (Å²) in [4.78, 5) is 22.5. The third-order valence-corrected chi connectivity index (χ3v) is 3.76. The molecule has 1 saturated carbocycles. The first-order valence-corrected chi connectivity index (χ1v) is 7.29. The Morgan fingerprint density at radius 3 is 2.67 bits per heavy atom. The summed E-state index contributed by atoms with van der Waals surface area (Å²) in [5.41, 5.74) is 1.18. The number of hydrogen-bond donors (Lipinski definition) is 2. The highest BCUT2D eigenvalue weighted by atomic mass is 16.5. The maximum atomic E-state index is 11.7. The summed E-state index contributed by atoms with van der Waals surface area (Å²) >= 11 is 0. The van der Waals surface area contributed by atoms with Crippen molar-refractivity contribution in [3.63, 3.8) is 0 Å². The van der Waals surface area contributed by atoms with E-state index in [0.29, 0.717) is 19.4 Å². The smallest absolute Gasteiger partial charge is 0.306 e. The van der Waals surface area contributed by atoms with Gasteiger partial charge in [-0.2, -0.15) is 0 Å². The maximum Gasteiger partial charge on any atom is 0.306 e. The van der Waals surface area contributed by atoms with Gasteiger partial charge in [-0.05, 0) is 31.2 Å². The summed E-state index contributed by atoms with van der Waals surface area (Å²) in [7, 11) is 0. The number of carbonyl (C=O) groups excluding carboxylic acids is 1. The van der Waals surface area contributed by atoms with Crippen molar-refractivity contribution in [1.29, 1.82) is 0 Å². The molecule has 1 aliphatic carbocycles. The van der Waals surface area contributed by atoms with Crippen LogP contribution >= 0.6 is 0 Å². The van der Waals surface area contributed by atoms with Gasteiger partial charge in [0.05, 0.1) is 12.5 Å². The van der Waals surface area contributed by atoms with Gasteiger partial charge in [0.1, 0.15) is 6.61 Å². The molecule has 1 amide bonds. The summed E-state index contributed by atoms with van der Waals surface area (Å²) in [6.45, 7) is 0.529. The lowest BCUT2D eigenvalue weighted by molar-refractivity contribution is -0.141. The molecule has 2 N–H and O–H groups in total. The quantitative estimate of drug-likeness (QED) is 0.748. The molecule has 0 heterocycles. The van der Waals surface area contributed by atoms with E-state index in [9.17, 15) is 9.59 Å². The van der Waals surface area contributed by atoms with E-state index in [1.807, 2.05) is 30.3 Å². The van der Waals surface area contributed by atoms with Gasteiger partial charge in [-0.1, -0.05) is 30.3 Å². The van der Waals surface area contributed by atoms with Gasteiger partial charge in [0.25, 0.3) is 0 Å². The van der Waals surface area contributed by atoms with Crippen LogP contribution in [0, 0.1) is 5.92 Å². The van der Waals surface area contributed by atoms with Crippen molar-refractivity contribution >= 4 is 11.9 Å². The van der Waals surface area contributed by atoms with Gasteiger partial charge in [0, 0.05) is 6.04 Å². The number of benzene rings is 1. The molecule has 2 atom stereocenters. The Labute approximate surface area is 124 Å². The monoisotopic (exact) mass is 291 g/mol. The van der Waals surface area contributed by atoms with Crippen LogP contribution in [0.2, 0.25) is 0 Å². The number of amides is 1. The predicted molar refractivity (Wildman–Crippen MR) is 77.9 cm³/mol. The molecule has 0 saturated heterocycles. The van der Waals surface area contributed by atoms with E-state index in [0.717, 1.165) is 12.8 Å². The molecule has 0 bridgehead atoms. The molecule has 0 spiro atoms. The standard InChI is InChI=1S/C16H21NO4/c18-15(17-14-7-6-13(10-14)16(19)20)11-21-9-8-12-4-2-1-3-5-12/h1-5,13-14H,6-11H2,(H,17,18)(H,19,20)/t13-,14+/m0/s1. The number of carbonyl (C=O) groups is 2. The average molecular weight is 291 g/mol. The zero-order chi connectivity index (χ0) is 15.1. The van der Waals surface area contributed by atoms with Crippen molar-refractivity contribution in [3.8, 4) is 0 Å². The molecule has 114 valence electrons. The highest BCUT2D eigenvalue weighted by Gasteiger charge is 2.30. The van der Waals surface area contributed by atoms with E-state index in [-0.39, 0.29) is 24.5 Å². The third kappa shape index (κ3) is 5.19. The molecule has 0 unspecified atom stereocenters. The first kappa shape index (κ1) is 15.5. The second-order valence-electron chi connectivity index (χ2n) is 5.40. The third-order valence-electron chi connectivity index (χ3n) is 3.76. The summed E-state index contributed by atoms with van der Waals surface area (Å²) in [5.74, 6) is -1.26. The van der Waals surface area contributed by atoms with Crippen LogP contribution in [0.4, 0.5) is 0 Å². The summed E-state index contributed by atoms with van der Waals surface area (Å²) in [6, 6.07) is 9.92. The van der Waals surface area contributed by atoms with Crippen LogP contribution in [0.3, 0.4) is 0 Å². The fraction of sp³-hybridized carbons (Fsp3) is 0.500. The summed E-state index contributed by atoms with van der Waals surface area (Å²) in [5, 5.41) is 11.7. The number of hydrogen-bond acceptors (Lipinski definition) is 3. The van der Waals surface area contributed by atoms with Crippen LogP contribution < -0.4 is 5.32 Å². The van der Waals surface area contributed by atoms with Crippen LogP contribution in [0.25, 0.3) is 0 Å². The Kier molecular flexibility index (Phi) is 5.75. The minimum atomic E-state index is -0.772. The van der Waals surface area contributed by atoms with E-state index in [2.05, 4.69) is 5.32 Å². The zero-order valence-corrected chi connectivity index (χ0v) is 12.0. The number of rotatable bonds is 7. The second-order valence-corrected chi connectivity index (χ2v) is 5.40. The average Bonchev–Trinajstić information content (AvgIpc) is 2.93. The van der Waals surface area contributed by atoms with Crippen molar-refractivity contribution < 1.29 is 19.4 Å². The number of aliphatic carboxylic acids is 1. The Balaban J connectivity index is 1.59. The van der Waals surface area contributed by atoms with Crippen LogP contribution in [0.15, 0.2) is 30.3 Å². The lowest BCUT2D eigenvalue weighted by Gasteiger charge is -2.12. The number of nitrogens with one attached hydrogen (secondary N) is 1. The van der Waals surface area contributed by atoms with Crippen LogP contribution in [0.1, 0.15) is 24.8 Å². The van der Waals surface area contributed by atoms with Gasteiger partial charge in [0.2, 0.25) is 5.91 Å². The van der Waals surface area contributed by atoms with Crippen LogP contribution in [-0.2, 0) is 20.7 Å². The lowest BCUT2D eigenvalue weighted by atomic mass is 10.1. The van der Waals surface area contributed by atoms with Crippen molar-refractivity contribution in [2.75, 3.05) is 13.2 Å². The molecule has 1 aromatic carbocycles. The minimum Gasteiger partial charge on any atom is -0.481 e. The summed E-state index contributed by atoms with van der Waals surface area (Å²) in [6.07, 6.45) is 2.66. The van der Waals surface area contributed by atoms with Crippen molar-refractivity contribution in [3.05, 3.63) is 35.9 Å². The second kappa shape index (κ2) is 7.78. The van der Waals surface area contributed by atoms with Gasteiger partial charge in [-0.3, -0.25) is 9.59 Å². The highest BCUT2D eigenvalue weighted by molar-refractivity contribution is 5.78. The summed E-state index contributed by atoms with van der Waals surface area (Å²) < 4.78 is 5.36. The fourth-order valence-electron chi connectivity index (χ4n) is 2.61. The van der Waals surface area contributed by atoms with E-state index in [1.165, 1.54) is 5.56 Å². The molecule has 0 aromatic heterocycles. The van der Waals surface area contributed by atoms with Gasteiger partial charge < -0.3 is 15.2 Å². The van der Waals surface area contributed by atoms with Crippen molar-refractivity contribution in [1.82, 2.24) is 5.32 Å². The van der Waals surface area contributed by atoms with Gasteiger partial charge in [-0.25, -0.2) is 0 Å².